The van der Waals surface area contributed by atoms with E-state index >= 15 is 0 Å². The maximum atomic E-state index is 5.70. The SMILES string of the molecule is Nc1nc(C2CCCN(c3ncccn3)C2)cs1. The van der Waals surface area contributed by atoms with Crippen LogP contribution in [0.15, 0.2) is 23.8 Å². The summed E-state index contributed by atoms with van der Waals surface area (Å²) in [6.07, 6.45) is 5.87. The summed E-state index contributed by atoms with van der Waals surface area (Å²) in [4.78, 5) is 15.2. The van der Waals surface area contributed by atoms with E-state index in [4.69, 9.17) is 5.73 Å². The average molecular weight is 261 g/mol. The molecule has 1 aliphatic heterocycles. The van der Waals surface area contributed by atoms with Gasteiger partial charge in [-0.15, -0.1) is 11.3 Å². The highest BCUT2D eigenvalue weighted by Crippen LogP contribution is 2.29. The molecular weight excluding hydrogens is 246 g/mol. The van der Waals surface area contributed by atoms with Crippen molar-refractivity contribution in [2.45, 2.75) is 18.8 Å². The maximum Gasteiger partial charge on any atom is 0.225 e. The minimum absolute atomic E-state index is 0.441. The Bertz CT molecular complexity index is 512. The Morgan fingerprint density at radius 1 is 1.33 bits per heavy atom. The molecule has 0 aliphatic carbocycles. The molecule has 1 unspecified atom stereocenters. The van der Waals surface area contributed by atoms with Crippen molar-refractivity contribution < 1.29 is 0 Å². The van der Waals surface area contributed by atoms with Gasteiger partial charge in [-0.3, -0.25) is 0 Å². The first-order valence-corrected chi connectivity index (χ1v) is 6.94. The molecule has 18 heavy (non-hydrogen) atoms. The second kappa shape index (κ2) is 4.89. The average Bonchev–Trinajstić information content (AvgIpc) is 2.87. The molecule has 1 fully saturated rings. The summed E-state index contributed by atoms with van der Waals surface area (Å²) in [6, 6.07) is 1.84. The summed E-state index contributed by atoms with van der Waals surface area (Å²) >= 11 is 1.51. The molecule has 0 aromatic carbocycles. The van der Waals surface area contributed by atoms with Crippen molar-refractivity contribution in [3.05, 3.63) is 29.5 Å². The van der Waals surface area contributed by atoms with Gasteiger partial charge in [-0.25, -0.2) is 15.0 Å². The number of thiazole rings is 1. The lowest BCUT2D eigenvalue weighted by molar-refractivity contribution is 0.497. The highest BCUT2D eigenvalue weighted by molar-refractivity contribution is 7.13. The van der Waals surface area contributed by atoms with Gasteiger partial charge in [0.2, 0.25) is 5.95 Å². The summed E-state index contributed by atoms with van der Waals surface area (Å²) in [6.45, 7) is 1.94. The molecule has 0 amide bonds. The minimum atomic E-state index is 0.441. The van der Waals surface area contributed by atoms with Gasteiger partial charge in [0.1, 0.15) is 0 Å². The van der Waals surface area contributed by atoms with Crippen LogP contribution >= 0.6 is 11.3 Å². The van der Waals surface area contributed by atoms with Gasteiger partial charge >= 0.3 is 0 Å². The summed E-state index contributed by atoms with van der Waals surface area (Å²) < 4.78 is 0. The van der Waals surface area contributed by atoms with Crippen molar-refractivity contribution in [2.75, 3.05) is 23.7 Å². The Balaban J connectivity index is 1.76. The normalized spacial score (nSPS) is 20.0. The molecule has 0 bridgehead atoms. The zero-order chi connectivity index (χ0) is 12.4. The van der Waals surface area contributed by atoms with Crippen LogP contribution in [0.5, 0.6) is 0 Å². The number of hydrogen-bond donors (Lipinski definition) is 1. The number of piperidine rings is 1. The molecule has 1 aliphatic rings. The van der Waals surface area contributed by atoms with E-state index in [1.807, 2.05) is 6.07 Å². The molecule has 3 rings (SSSR count). The van der Waals surface area contributed by atoms with Gasteiger partial charge in [-0.1, -0.05) is 0 Å². The highest BCUT2D eigenvalue weighted by Gasteiger charge is 2.24. The Morgan fingerprint density at radius 3 is 2.89 bits per heavy atom. The lowest BCUT2D eigenvalue weighted by Crippen LogP contribution is -2.35. The fraction of sp³-hybridized carbons (Fsp3) is 0.417. The third-order valence-electron chi connectivity index (χ3n) is 3.21. The number of anilines is 2. The predicted octanol–water partition coefficient (Wildman–Crippen LogP) is 1.90. The highest BCUT2D eigenvalue weighted by atomic mass is 32.1. The zero-order valence-corrected chi connectivity index (χ0v) is 10.8. The van der Waals surface area contributed by atoms with Crippen LogP contribution in [0.2, 0.25) is 0 Å². The minimum Gasteiger partial charge on any atom is -0.375 e. The van der Waals surface area contributed by atoms with Crippen LogP contribution in [0, 0.1) is 0 Å². The van der Waals surface area contributed by atoms with Crippen LogP contribution in [0.3, 0.4) is 0 Å². The number of nitrogens with zero attached hydrogens (tertiary/aromatic N) is 4. The number of nitrogens with two attached hydrogens (primary N) is 1. The Labute approximate surface area is 110 Å². The molecule has 6 heteroatoms. The van der Waals surface area contributed by atoms with Crippen LogP contribution < -0.4 is 10.6 Å². The first-order valence-electron chi connectivity index (χ1n) is 6.06. The Morgan fingerprint density at radius 2 is 2.17 bits per heavy atom. The van der Waals surface area contributed by atoms with E-state index in [9.17, 15) is 0 Å². The van der Waals surface area contributed by atoms with Crippen molar-refractivity contribution in [3.63, 3.8) is 0 Å². The van der Waals surface area contributed by atoms with Crippen LogP contribution in [0.25, 0.3) is 0 Å². The fourth-order valence-corrected chi connectivity index (χ4v) is 2.99. The van der Waals surface area contributed by atoms with Crippen molar-refractivity contribution >= 4 is 22.4 Å². The monoisotopic (exact) mass is 261 g/mol. The third kappa shape index (κ3) is 2.28. The van der Waals surface area contributed by atoms with Crippen LogP contribution in [0.4, 0.5) is 11.1 Å². The second-order valence-corrected chi connectivity index (χ2v) is 5.33. The molecule has 1 atom stereocenters. The topological polar surface area (TPSA) is 67.9 Å². The fourth-order valence-electron chi connectivity index (χ4n) is 2.34. The van der Waals surface area contributed by atoms with Crippen molar-refractivity contribution in [1.82, 2.24) is 15.0 Å². The smallest absolute Gasteiger partial charge is 0.225 e. The standard InChI is InChI=1S/C12H15N5S/c13-11-16-10(8-18-11)9-3-1-6-17(7-9)12-14-4-2-5-15-12/h2,4-5,8-9H,1,3,6-7H2,(H2,13,16). The molecule has 5 nitrogen and oxygen atoms in total. The predicted molar refractivity (Wildman–Crippen MR) is 72.7 cm³/mol. The Kier molecular flexibility index (Phi) is 3.10. The van der Waals surface area contributed by atoms with E-state index in [1.54, 1.807) is 12.4 Å². The van der Waals surface area contributed by atoms with E-state index in [2.05, 4.69) is 25.2 Å². The first kappa shape index (κ1) is 11.4. The van der Waals surface area contributed by atoms with Crippen molar-refractivity contribution in [2.24, 2.45) is 0 Å². The van der Waals surface area contributed by atoms with Crippen LogP contribution in [0.1, 0.15) is 24.5 Å². The van der Waals surface area contributed by atoms with Gasteiger partial charge in [0.05, 0.1) is 5.69 Å². The molecule has 2 aromatic heterocycles. The molecule has 1 saturated heterocycles. The van der Waals surface area contributed by atoms with Crippen molar-refractivity contribution in [3.8, 4) is 0 Å². The van der Waals surface area contributed by atoms with E-state index in [1.165, 1.54) is 11.3 Å². The van der Waals surface area contributed by atoms with E-state index in [0.717, 1.165) is 37.6 Å². The molecule has 0 spiro atoms. The molecule has 0 saturated carbocycles. The Hall–Kier alpha value is -1.69. The lowest BCUT2D eigenvalue weighted by atomic mass is 9.96. The quantitative estimate of drug-likeness (QED) is 0.894. The second-order valence-electron chi connectivity index (χ2n) is 4.44. The van der Waals surface area contributed by atoms with Gasteiger partial charge in [0.25, 0.3) is 0 Å². The summed E-state index contributed by atoms with van der Waals surface area (Å²) in [5, 5.41) is 2.72. The van der Waals surface area contributed by atoms with Crippen LogP contribution in [-0.4, -0.2) is 28.0 Å². The summed E-state index contributed by atoms with van der Waals surface area (Å²) in [5.41, 5.74) is 6.81. The lowest BCUT2D eigenvalue weighted by Gasteiger charge is -2.31. The van der Waals surface area contributed by atoms with Gasteiger partial charge in [-0.05, 0) is 18.9 Å². The molecule has 2 N–H and O–H groups in total. The van der Waals surface area contributed by atoms with Crippen LogP contribution in [-0.2, 0) is 0 Å². The van der Waals surface area contributed by atoms with Gasteiger partial charge < -0.3 is 10.6 Å². The van der Waals surface area contributed by atoms with E-state index in [-0.39, 0.29) is 0 Å². The maximum absolute atomic E-state index is 5.70. The number of hydrogen-bond acceptors (Lipinski definition) is 6. The number of nitrogen functional groups attached to an aromatic ring is 1. The summed E-state index contributed by atoms with van der Waals surface area (Å²) in [7, 11) is 0. The van der Waals surface area contributed by atoms with E-state index < -0.39 is 0 Å². The molecule has 0 radical (unpaired) electrons. The third-order valence-corrected chi connectivity index (χ3v) is 3.91. The molecule has 3 heterocycles. The largest absolute Gasteiger partial charge is 0.375 e. The molecular formula is C12H15N5S. The first-order chi connectivity index (χ1) is 8.83. The molecule has 94 valence electrons. The summed E-state index contributed by atoms with van der Waals surface area (Å²) in [5.74, 6) is 1.25. The number of aromatic nitrogens is 3. The van der Waals surface area contributed by atoms with E-state index in [0.29, 0.717) is 11.0 Å². The van der Waals surface area contributed by atoms with Gasteiger partial charge in [0, 0.05) is 36.8 Å². The van der Waals surface area contributed by atoms with Gasteiger partial charge in [0.15, 0.2) is 5.13 Å². The zero-order valence-electron chi connectivity index (χ0n) is 9.99. The number of rotatable bonds is 2. The van der Waals surface area contributed by atoms with Gasteiger partial charge in [-0.2, -0.15) is 0 Å². The van der Waals surface area contributed by atoms with Crippen molar-refractivity contribution in [1.29, 1.82) is 0 Å². The molecule has 2 aromatic rings.